The van der Waals surface area contributed by atoms with Crippen LogP contribution in [0.15, 0.2) is 24.3 Å². The van der Waals surface area contributed by atoms with Crippen molar-refractivity contribution in [3.8, 4) is 0 Å². The Balaban J connectivity index is 1.93. The Morgan fingerprint density at radius 3 is 2.55 bits per heavy atom. The zero-order chi connectivity index (χ0) is 14.6. The molecule has 1 aliphatic carbocycles. The summed E-state index contributed by atoms with van der Waals surface area (Å²) in [5.74, 6) is -0.297. The first-order valence-corrected chi connectivity index (χ1v) is 7.30. The van der Waals surface area contributed by atoms with Gasteiger partial charge >= 0.3 is 5.97 Å². The average Bonchev–Trinajstić information content (AvgIpc) is 2.45. The minimum atomic E-state index is -0.297. The van der Waals surface area contributed by atoms with E-state index in [1.165, 1.54) is 20.0 Å². The Morgan fingerprint density at radius 2 is 1.90 bits per heavy atom. The second-order valence-electron chi connectivity index (χ2n) is 6.32. The molecule has 0 bridgehead atoms. The van der Waals surface area contributed by atoms with E-state index in [1.54, 1.807) is 6.07 Å². The Kier molecular flexibility index (Phi) is 4.81. The first kappa shape index (κ1) is 15.0. The highest BCUT2D eigenvalue weighted by molar-refractivity contribution is 5.90. The Hall–Kier alpha value is -1.35. The summed E-state index contributed by atoms with van der Waals surface area (Å²) in [5.41, 5.74) is 1.96. The summed E-state index contributed by atoms with van der Waals surface area (Å²) in [5, 5.41) is 0. The van der Waals surface area contributed by atoms with Crippen molar-refractivity contribution in [3.63, 3.8) is 0 Å². The monoisotopic (exact) mass is 276 g/mol. The van der Waals surface area contributed by atoms with E-state index >= 15 is 0 Å². The van der Waals surface area contributed by atoms with E-state index in [2.05, 4.69) is 13.8 Å². The quantitative estimate of drug-likeness (QED) is 0.781. The largest absolute Gasteiger partial charge is 0.465 e. The lowest BCUT2D eigenvalue weighted by atomic mass is 9.76. The molecule has 110 valence electrons. The number of rotatable bonds is 4. The molecule has 0 aromatic heterocycles. The minimum absolute atomic E-state index is 0.297. The van der Waals surface area contributed by atoms with E-state index < -0.39 is 0 Å². The molecular weight excluding hydrogens is 252 g/mol. The van der Waals surface area contributed by atoms with Crippen LogP contribution in [0, 0.1) is 5.41 Å². The molecule has 0 N–H and O–H groups in total. The molecule has 20 heavy (non-hydrogen) atoms. The number of benzene rings is 1. The maximum Gasteiger partial charge on any atom is 0.338 e. The highest BCUT2D eigenvalue weighted by Gasteiger charge is 2.27. The number of ether oxygens (including phenoxy) is 2. The molecule has 2 rings (SSSR count). The van der Waals surface area contributed by atoms with Crippen LogP contribution in [0.2, 0.25) is 0 Å². The van der Waals surface area contributed by atoms with Gasteiger partial charge in [-0.15, -0.1) is 0 Å². The number of hydrogen-bond acceptors (Lipinski definition) is 3. The van der Waals surface area contributed by atoms with E-state index in [1.807, 2.05) is 18.2 Å². The summed E-state index contributed by atoms with van der Waals surface area (Å²) < 4.78 is 10.8. The Bertz CT molecular complexity index is 455. The molecule has 3 heteroatoms. The van der Waals surface area contributed by atoms with Crippen LogP contribution in [0.3, 0.4) is 0 Å². The molecule has 0 aliphatic heterocycles. The van der Waals surface area contributed by atoms with Gasteiger partial charge in [0.1, 0.15) is 0 Å². The van der Waals surface area contributed by atoms with Gasteiger partial charge in [0.05, 0.1) is 25.4 Å². The van der Waals surface area contributed by atoms with Gasteiger partial charge in [-0.3, -0.25) is 0 Å². The summed E-state index contributed by atoms with van der Waals surface area (Å²) in [7, 11) is 1.41. The topological polar surface area (TPSA) is 35.5 Å². The van der Waals surface area contributed by atoms with Crippen LogP contribution in [-0.4, -0.2) is 19.2 Å². The molecule has 1 aromatic rings. The molecule has 1 aliphatic rings. The molecule has 1 fully saturated rings. The van der Waals surface area contributed by atoms with Crippen molar-refractivity contribution in [1.29, 1.82) is 0 Å². The van der Waals surface area contributed by atoms with Crippen LogP contribution in [0.25, 0.3) is 0 Å². The van der Waals surface area contributed by atoms with Crippen LogP contribution in [-0.2, 0) is 16.1 Å². The molecule has 0 saturated heterocycles. The van der Waals surface area contributed by atoms with E-state index in [0.29, 0.717) is 23.7 Å². The normalized spacial score (nSPS) is 18.8. The second-order valence-corrected chi connectivity index (χ2v) is 6.32. The summed E-state index contributed by atoms with van der Waals surface area (Å²) in [6.45, 7) is 5.11. The lowest BCUT2D eigenvalue weighted by Gasteiger charge is -2.34. The molecule has 0 atom stereocenters. The highest BCUT2D eigenvalue weighted by Crippen LogP contribution is 2.36. The van der Waals surface area contributed by atoms with Crippen LogP contribution >= 0.6 is 0 Å². The Morgan fingerprint density at radius 1 is 1.25 bits per heavy atom. The van der Waals surface area contributed by atoms with Crippen molar-refractivity contribution in [3.05, 3.63) is 35.4 Å². The SMILES string of the molecule is COC(=O)c1ccccc1COC1CCC(C)(C)CC1. The molecule has 0 radical (unpaired) electrons. The number of carbonyl (C=O) groups excluding carboxylic acids is 1. The third kappa shape index (κ3) is 3.83. The van der Waals surface area contributed by atoms with E-state index in [4.69, 9.17) is 9.47 Å². The molecule has 3 nitrogen and oxygen atoms in total. The first-order valence-electron chi connectivity index (χ1n) is 7.30. The fraction of sp³-hybridized carbons (Fsp3) is 0.588. The number of methoxy groups -OCH3 is 1. The molecule has 0 unspecified atom stereocenters. The van der Waals surface area contributed by atoms with Gasteiger partial charge < -0.3 is 9.47 Å². The molecule has 1 saturated carbocycles. The van der Waals surface area contributed by atoms with Crippen molar-refractivity contribution in [2.24, 2.45) is 5.41 Å². The van der Waals surface area contributed by atoms with Gasteiger partial charge in [0.25, 0.3) is 0 Å². The van der Waals surface area contributed by atoms with Crippen LogP contribution in [0.4, 0.5) is 0 Å². The molecule has 0 heterocycles. The van der Waals surface area contributed by atoms with E-state index in [9.17, 15) is 4.79 Å². The van der Waals surface area contributed by atoms with Gasteiger partial charge in [-0.05, 0) is 42.7 Å². The third-order valence-corrected chi connectivity index (χ3v) is 4.18. The summed E-state index contributed by atoms with van der Waals surface area (Å²) in [6, 6.07) is 7.49. The maximum atomic E-state index is 11.7. The summed E-state index contributed by atoms with van der Waals surface area (Å²) in [4.78, 5) is 11.7. The lowest BCUT2D eigenvalue weighted by molar-refractivity contribution is -0.00604. The number of hydrogen-bond donors (Lipinski definition) is 0. The van der Waals surface area contributed by atoms with Gasteiger partial charge in [-0.1, -0.05) is 32.0 Å². The summed E-state index contributed by atoms with van der Waals surface area (Å²) >= 11 is 0. The van der Waals surface area contributed by atoms with Gasteiger partial charge in [0, 0.05) is 0 Å². The summed E-state index contributed by atoms with van der Waals surface area (Å²) in [6.07, 6.45) is 4.93. The third-order valence-electron chi connectivity index (χ3n) is 4.18. The molecule has 0 amide bonds. The predicted octanol–water partition coefficient (Wildman–Crippen LogP) is 3.96. The van der Waals surface area contributed by atoms with Crippen molar-refractivity contribution >= 4 is 5.97 Å². The maximum absolute atomic E-state index is 11.7. The van der Waals surface area contributed by atoms with Crippen molar-refractivity contribution < 1.29 is 14.3 Å². The average molecular weight is 276 g/mol. The van der Waals surface area contributed by atoms with Crippen molar-refractivity contribution in [2.45, 2.75) is 52.2 Å². The van der Waals surface area contributed by atoms with Gasteiger partial charge in [-0.25, -0.2) is 4.79 Å². The number of carbonyl (C=O) groups is 1. The van der Waals surface area contributed by atoms with Crippen LogP contribution in [0.5, 0.6) is 0 Å². The van der Waals surface area contributed by atoms with Crippen LogP contribution in [0.1, 0.15) is 55.5 Å². The van der Waals surface area contributed by atoms with Crippen molar-refractivity contribution in [2.75, 3.05) is 7.11 Å². The predicted molar refractivity (Wildman–Crippen MR) is 78.6 cm³/mol. The highest BCUT2D eigenvalue weighted by atomic mass is 16.5. The van der Waals surface area contributed by atoms with Crippen LogP contribution < -0.4 is 0 Å². The van der Waals surface area contributed by atoms with Crippen molar-refractivity contribution in [1.82, 2.24) is 0 Å². The molecule has 0 spiro atoms. The second kappa shape index (κ2) is 6.40. The van der Waals surface area contributed by atoms with Gasteiger partial charge in [-0.2, -0.15) is 0 Å². The Labute approximate surface area is 121 Å². The van der Waals surface area contributed by atoms with E-state index in [0.717, 1.165) is 18.4 Å². The molecular formula is C17H24O3. The van der Waals surface area contributed by atoms with Gasteiger partial charge in [0.15, 0.2) is 0 Å². The molecule has 1 aromatic carbocycles. The first-order chi connectivity index (χ1) is 9.52. The zero-order valence-electron chi connectivity index (χ0n) is 12.6. The van der Waals surface area contributed by atoms with E-state index in [-0.39, 0.29) is 5.97 Å². The van der Waals surface area contributed by atoms with Gasteiger partial charge in [0.2, 0.25) is 0 Å². The smallest absolute Gasteiger partial charge is 0.338 e. The minimum Gasteiger partial charge on any atom is -0.465 e. The zero-order valence-corrected chi connectivity index (χ0v) is 12.6. The number of esters is 1. The lowest BCUT2D eigenvalue weighted by Crippen LogP contribution is -2.26. The fourth-order valence-corrected chi connectivity index (χ4v) is 2.70. The fourth-order valence-electron chi connectivity index (χ4n) is 2.70. The standard InChI is InChI=1S/C17H24O3/c1-17(2)10-8-14(9-11-17)20-12-13-6-4-5-7-15(13)16(18)19-3/h4-7,14H,8-12H2,1-3H3.